The second-order valence-electron chi connectivity index (χ2n) is 6.93. The molecular formula is C21H20ClFN4O2S2. The van der Waals surface area contributed by atoms with E-state index in [2.05, 4.69) is 26.4 Å². The summed E-state index contributed by atoms with van der Waals surface area (Å²) >= 11 is 7.56. The molecule has 1 aliphatic heterocycles. The van der Waals surface area contributed by atoms with Crippen molar-refractivity contribution in [2.75, 3.05) is 23.1 Å². The molecule has 3 N–H and O–H groups in total. The lowest BCUT2D eigenvalue weighted by atomic mass is 9.94. The van der Waals surface area contributed by atoms with E-state index in [0.29, 0.717) is 22.4 Å². The number of sulfonamides is 1. The first-order valence-electron chi connectivity index (χ1n) is 9.57. The number of hydrogen-bond acceptors (Lipinski definition) is 6. The highest BCUT2D eigenvalue weighted by molar-refractivity contribution is 7.93. The number of benzene rings is 2. The molecule has 0 aliphatic carbocycles. The van der Waals surface area contributed by atoms with Gasteiger partial charge in [-0.2, -0.15) is 0 Å². The Morgan fingerprint density at radius 3 is 2.74 bits per heavy atom. The Morgan fingerprint density at radius 2 is 2.03 bits per heavy atom. The summed E-state index contributed by atoms with van der Waals surface area (Å²) in [5.74, 6) is -0.269. The second kappa shape index (κ2) is 9.35. The highest BCUT2D eigenvalue weighted by Gasteiger charge is 2.20. The zero-order chi connectivity index (χ0) is 21.8. The van der Waals surface area contributed by atoms with E-state index in [-0.39, 0.29) is 16.8 Å². The zero-order valence-electron chi connectivity index (χ0n) is 16.3. The number of aromatic nitrogens is 1. The van der Waals surface area contributed by atoms with Gasteiger partial charge in [0.15, 0.2) is 5.13 Å². The molecule has 2 heterocycles. The fourth-order valence-corrected chi connectivity index (χ4v) is 5.47. The largest absolute Gasteiger partial charge is 0.382 e. The monoisotopic (exact) mass is 478 g/mol. The summed E-state index contributed by atoms with van der Waals surface area (Å²) < 4.78 is 40.8. The van der Waals surface area contributed by atoms with E-state index in [9.17, 15) is 12.8 Å². The molecule has 0 radical (unpaired) electrons. The minimum atomic E-state index is -3.77. The minimum Gasteiger partial charge on any atom is -0.382 e. The van der Waals surface area contributed by atoms with Gasteiger partial charge in [-0.25, -0.2) is 17.8 Å². The molecule has 2 aromatic carbocycles. The number of nitrogens with one attached hydrogen (secondary N) is 3. The van der Waals surface area contributed by atoms with Crippen molar-refractivity contribution in [3.63, 3.8) is 0 Å². The number of nitrogens with zero attached hydrogens (tertiary/aromatic N) is 1. The molecule has 4 rings (SSSR count). The van der Waals surface area contributed by atoms with Crippen molar-refractivity contribution in [1.29, 1.82) is 0 Å². The molecule has 10 heteroatoms. The highest BCUT2D eigenvalue weighted by atomic mass is 35.5. The average Bonchev–Trinajstić information content (AvgIpc) is 3.26. The van der Waals surface area contributed by atoms with Gasteiger partial charge in [-0.3, -0.25) is 4.72 Å². The van der Waals surface area contributed by atoms with Crippen LogP contribution in [0.5, 0.6) is 0 Å². The Bertz CT molecular complexity index is 1180. The van der Waals surface area contributed by atoms with Crippen LogP contribution >= 0.6 is 22.9 Å². The van der Waals surface area contributed by atoms with Crippen molar-refractivity contribution in [1.82, 2.24) is 10.3 Å². The summed E-state index contributed by atoms with van der Waals surface area (Å²) in [4.78, 5) is 3.99. The molecule has 3 aromatic rings. The average molecular weight is 479 g/mol. The van der Waals surface area contributed by atoms with Gasteiger partial charge in [-0.05, 0) is 54.4 Å². The van der Waals surface area contributed by atoms with Crippen LogP contribution in [0.1, 0.15) is 12.0 Å². The molecule has 0 amide bonds. The van der Waals surface area contributed by atoms with Crippen LogP contribution < -0.4 is 15.4 Å². The van der Waals surface area contributed by atoms with Gasteiger partial charge in [0.2, 0.25) is 0 Å². The molecule has 1 atom stereocenters. The maximum atomic E-state index is 13.3. The van der Waals surface area contributed by atoms with Crippen molar-refractivity contribution in [3.8, 4) is 0 Å². The molecule has 31 heavy (non-hydrogen) atoms. The quantitative estimate of drug-likeness (QED) is 0.462. The van der Waals surface area contributed by atoms with Gasteiger partial charge in [-0.15, -0.1) is 11.3 Å². The summed E-state index contributed by atoms with van der Waals surface area (Å²) in [6.07, 6.45) is 4.57. The molecule has 1 aliphatic rings. The van der Waals surface area contributed by atoms with Crippen molar-refractivity contribution < 1.29 is 12.8 Å². The Balaban J connectivity index is 1.46. The first-order chi connectivity index (χ1) is 14.9. The molecule has 0 fully saturated rings. The van der Waals surface area contributed by atoms with Crippen LogP contribution in [0.2, 0.25) is 5.02 Å². The molecule has 162 valence electrons. The minimum absolute atomic E-state index is 0.00487. The van der Waals surface area contributed by atoms with Crippen molar-refractivity contribution >= 4 is 49.4 Å². The number of halogens is 2. The van der Waals surface area contributed by atoms with Crippen molar-refractivity contribution in [3.05, 3.63) is 76.5 Å². The Labute approximate surface area is 189 Å². The van der Waals surface area contributed by atoms with Crippen molar-refractivity contribution in [2.24, 2.45) is 0 Å². The fraction of sp³-hybridized carbons (Fsp3) is 0.190. The van der Waals surface area contributed by atoms with Crippen LogP contribution in [0, 0.1) is 5.82 Å². The second-order valence-corrected chi connectivity index (χ2v) is 9.91. The molecule has 0 saturated carbocycles. The maximum Gasteiger partial charge on any atom is 0.263 e. The van der Waals surface area contributed by atoms with E-state index in [0.717, 1.165) is 24.1 Å². The third-order valence-corrected chi connectivity index (χ3v) is 7.32. The topological polar surface area (TPSA) is 83.1 Å². The van der Waals surface area contributed by atoms with Crippen molar-refractivity contribution in [2.45, 2.75) is 17.4 Å². The van der Waals surface area contributed by atoms with Crippen LogP contribution in [-0.2, 0) is 10.0 Å². The predicted molar refractivity (Wildman–Crippen MR) is 124 cm³/mol. The lowest BCUT2D eigenvalue weighted by Crippen LogP contribution is -2.39. The first-order valence-corrected chi connectivity index (χ1v) is 12.3. The zero-order valence-corrected chi connectivity index (χ0v) is 18.7. The normalized spacial score (nSPS) is 16.6. The van der Waals surface area contributed by atoms with Gasteiger partial charge >= 0.3 is 0 Å². The van der Waals surface area contributed by atoms with E-state index >= 15 is 0 Å². The summed E-state index contributed by atoms with van der Waals surface area (Å²) in [7, 11) is -3.77. The van der Waals surface area contributed by atoms with Crippen LogP contribution in [0.25, 0.3) is 5.57 Å². The summed E-state index contributed by atoms with van der Waals surface area (Å²) in [5.41, 5.74) is 2.67. The SMILES string of the molecule is O=S(=O)(Nc1nccs1)c1ccc(NCC2NCCC=C2c2ccc(F)cc2)c(Cl)c1. The Morgan fingerprint density at radius 1 is 1.23 bits per heavy atom. The van der Waals surface area contributed by atoms with Crippen LogP contribution in [0.3, 0.4) is 0 Å². The summed E-state index contributed by atoms with van der Waals surface area (Å²) in [6.45, 7) is 1.37. The molecule has 0 spiro atoms. The fourth-order valence-electron chi connectivity index (χ4n) is 3.35. The van der Waals surface area contributed by atoms with Gasteiger partial charge in [0, 0.05) is 24.2 Å². The lowest BCUT2D eigenvalue weighted by molar-refractivity contribution is 0.601. The molecule has 1 aromatic heterocycles. The summed E-state index contributed by atoms with van der Waals surface area (Å²) in [6, 6.07) is 11.0. The van der Waals surface area contributed by atoms with Crippen LogP contribution in [0.4, 0.5) is 15.2 Å². The molecule has 0 saturated heterocycles. The van der Waals surface area contributed by atoms with Crippen LogP contribution in [0.15, 0.2) is 65.0 Å². The van der Waals surface area contributed by atoms with E-state index in [1.807, 2.05) is 0 Å². The predicted octanol–water partition coefficient (Wildman–Crippen LogP) is 4.59. The van der Waals surface area contributed by atoms with E-state index < -0.39 is 10.0 Å². The van der Waals surface area contributed by atoms with Gasteiger partial charge in [-0.1, -0.05) is 29.8 Å². The van der Waals surface area contributed by atoms with Gasteiger partial charge in [0.1, 0.15) is 5.82 Å². The first kappa shape index (κ1) is 21.8. The molecule has 6 nitrogen and oxygen atoms in total. The smallest absolute Gasteiger partial charge is 0.263 e. The molecule has 0 bridgehead atoms. The third kappa shape index (κ3) is 5.24. The highest BCUT2D eigenvalue weighted by Crippen LogP contribution is 2.28. The maximum absolute atomic E-state index is 13.3. The Hall–Kier alpha value is -2.46. The Kier molecular flexibility index (Phi) is 6.57. The van der Waals surface area contributed by atoms with Gasteiger partial charge < -0.3 is 10.6 Å². The molecular weight excluding hydrogens is 459 g/mol. The number of rotatable bonds is 7. The van der Waals surface area contributed by atoms with Crippen LogP contribution in [-0.4, -0.2) is 32.5 Å². The van der Waals surface area contributed by atoms with Gasteiger partial charge in [0.05, 0.1) is 15.6 Å². The number of anilines is 2. The third-order valence-electron chi connectivity index (χ3n) is 4.85. The number of hydrogen-bond donors (Lipinski definition) is 3. The van der Waals surface area contributed by atoms with E-state index in [1.54, 1.807) is 23.6 Å². The summed E-state index contributed by atoms with van der Waals surface area (Å²) in [5, 5.41) is 9.01. The van der Waals surface area contributed by atoms with E-state index in [1.165, 1.54) is 41.8 Å². The lowest BCUT2D eigenvalue weighted by Gasteiger charge is -2.27. The number of thiazole rings is 1. The van der Waals surface area contributed by atoms with E-state index in [4.69, 9.17) is 11.6 Å². The van der Waals surface area contributed by atoms with Gasteiger partial charge in [0.25, 0.3) is 10.0 Å². The molecule has 1 unspecified atom stereocenters. The standard InChI is InChI=1S/C21H20ClFN4O2S2/c22-18-12-16(31(28,29)27-21-25-10-11-30-21)7-8-19(18)26-13-20-17(2-1-9-24-20)14-3-5-15(23)6-4-14/h2-8,10-12,20,24,26H,1,9,13H2,(H,25,27).